The standard InChI is InChI=1S/C22H20Cl2N4OS/c1-13-10-14(2)26-22(25-13)30-12-16-4-6-17(7-5-16)21(29)28-27-15(3)18-8-9-19(23)20(24)11-18/h4-11H,12H2,1-3H3,(H,28,29). The first-order chi connectivity index (χ1) is 14.3. The van der Waals surface area contributed by atoms with Gasteiger partial charge in [-0.1, -0.05) is 53.2 Å². The van der Waals surface area contributed by atoms with Crippen LogP contribution in [0.25, 0.3) is 0 Å². The number of rotatable bonds is 6. The molecule has 3 aromatic rings. The van der Waals surface area contributed by atoms with Gasteiger partial charge in [0, 0.05) is 22.7 Å². The van der Waals surface area contributed by atoms with E-state index in [1.54, 1.807) is 49.0 Å². The molecule has 3 rings (SSSR count). The van der Waals surface area contributed by atoms with Crippen LogP contribution in [0.4, 0.5) is 0 Å². The number of aromatic nitrogens is 2. The van der Waals surface area contributed by atoms with Gasteiger partial charge in [-0.15, -0.1) is 0 Å². The van der Waals surface area contributed by atoms with Crippen LogP contribution >= 0.6 is 35.0 Å². The summed E-state index contributed by atoms with van der Waals surface area (Å²) in [6.45, 7) is 5.70. The fourth-order valence-corrected chi connectivity index (χ4v) is 3.85. The van der Waals surface area contributed by atoms with Crippen molar-refractivity contribution in [2.75, 3.05) is 0 Å². The number of carbonyl (C=O) groups is 1. The van der Waals surface area contributed by atoms with E-state index in [2.05, 4.69) is 20.5 Å². The van der Waals surface area contributed by atoms with E-state index in [4.69, 9.17) is 23.2 Å². The fourth-order valence-electron chi connectivity index (χ4n) is 2.64. The van der Waals surface area contributed by atoms with Crippen LogP contribution in [-0.4, -0.2) is 21.6 Å². The molecule has 1 amide bonds. The molecule has 1 heterocycles. The lowest BCUT2D eigenvalue weighted by molar-refractivity contribution is 0.0955. The number of nitrogens with one attached hydrogen (secondary N) is 1. The third-order valence-electron chi connectivity index (χ3n) is 4.21. The Morgan fingerprint density at radius 2 is 1.60 bits per heavy atom. The first-order valence-electron chi connectivity index (χ1n) is 9.16. The molecule has 30 heavy (non-hydrogen) atoms. The summed E-state index contributed by atoms with van der Waals surface area (Å²) < 4.78 is 0. The summed E-state index contributed by atoms with van der Waals surface area (Å²) in [5.41, 5.74) is 7.49. The summed E-state index contributed by atoms with van der Waals surface area (Å²) in [5, 5.41) is 5.81. The van der Waals surface area contributed by atoms with Crippen LogP contribution in [0.5, 0.6) is 0 Å². The predicted octanol–water partition coefficient (Wildman–Crippen LogP) is 5.85. The Bertz CT molecular complexity index is 1080. The average Bonchev–Trinajstić information content (AvgIpc) is 2.72. The van der Waals surface area contributed by atoms with Crippen LogP contribution < -0.4 is 5.43 Å². The maximum absolute atomic E-state index is 12.4. The molecule has 2 aromatic carbocycles. The molecule has 0 unspecified atom stereocenters. The minimum absolute atomic E-state index is 0.286. The number of hydrazone groups is 1. The second kappa shape index (κ2) is 10.1. The van der Waals surface area contributed by atoms with Gasteiger partial charge in [-0.25, -0.2) is 15.4 Å². The van der Waals surface area contributed by atoms with Crippen LogP contribution in [0.15, 0.2) is 58.8 Å². The smallest absolute Gasteiger partial charge is 0.267 e. The summed E-state index contributed by atoms with van der Waals surface area (Å²) in [5.74, 6) is 0.436. The third-order valence-corrected chi connectivity index (χ3v) is 5.87. The summed E-state index contributed by atoms with van der Waals surface area (Å²) in [4.78, 5) is 21.2. The maximum atomic E-state index is 12.4. The average molecular weight is 459 g/mol. The Balaban J connectivity index is 1.59. The number of nitrogens with zero attached hydrogens (tertiary/aromatic N) is 3. The number of halogens is 2. The van der Waals surface area contributed by atoms with Crippen molar-refractivity contribution in [2.45, 2.75) is 31.7 Å². The molecule has 0 saturated carbocycles. The highest BCUT2D eigenvalue weighted by atomic mass is 35.5. The molecule has 0 radical (unpaired) electrons. The van der Waals surface area contributed by atoms with Gasteiger partial charge >= 0.3 is 0 Å². The van der Waals surface area contributed by atoms with E-state index >= 15 is 0 Å². The van der Waals surface area contributed by atoms with Gasteiger partial charge in [0.2, 0.25) is 0 Å². The summed E-state index contributed by atoms with van der Waals surface area (Å²) in [6.07, 6.45) is 0. The predicted molar refractivity (Wildman–Crippen MR) is 124 cm³/mol. The van der Waals surface area contributed by atoms with Crippen molar-refractivity contribution in [1.82, 2.24) is 15.4 Å². The molecule has 154 valence electrons. The molecule has 5 nitrogen and oxygen atoms in total. The number of hydrogen-bond donors (Lipinski definition) is 1. The highest BCUT2D eigenvalue weighted by Gasteiger charge is 2.07. The molecule has 0 atom stereocenters. The number of amides is 1. The van der Waals surface area contributed by atoms with Crippen LogP contribution in [0, 0.1) is 13.8 Å². The van der Waals surface area contributed by atoms with E-state index in [1.807, 2.05) is 32.0 Å². The van der Waals surface area contributed by atoms with Crippen molar-refractivity contribution in [1.29, 1.82) is 0 Å². The van der Waals surface area contributed by atoms with Crippen molar-refractivity contribution in [3.8, 4) is 0 Å². The van der Waals surface area contributed by atoms with E-state index in [-0.39, 0.29) is 5.91 Å². The molecule has 0 aliphatic heterocycles. The highest BCUT2D eigenvalue weighted by molar-refractivity contribution is 7.98. The molecule has 0 bridgehead atoms. The van der Waals surface area contributed by atoms with Crippen LogP contribution in [0.1, 0.15) is 39.8 Å². The van der Waals surface area contributed by atoms with Gasteiger partial charge in [0.05, 0.1) is 15.8 Å². The van der Waals surface area contributed by atoms with Gasteiger partial charge in [-0.05, 0) is 62.2 Å². The highest BCUT2D eigenvalue weighted by Crippen LogP contribution is 2.23. The normalized spacial score (nSPS) is 11.4. The van der Waals surface area contributed by atoms with Crippen LogP contribution in [0.3, 0.4) is 0 Å². The topological polar surface area (TPSA) is 67.2 Å². The lowest BCUT2D eigenvalue weighted by Gasteiger charge is -2.06. The Morgan fingerprint density at radius 1 is 0.967 bits per heavy atom. The molecular weight excluding hydrogens is 439 g/mol. The van der Waals surface area contributed by atoms with Crippen molar-refractivity contribution in [3.63, 3.8) is 0 Å². The first kappa shape index (κ1) is 22.3. The first-order valence-corrected chi connectivity index (χ1v) is 10.9. The lowest BCUT2D eigenvalue weighted by Crippen LogP contribution is -2.19. The van der Waals surface area contributed by atoms with Gasteiger partial charge in [0.15, 0.2) is 5.16 Å². The number of thioether (sulfide) groups is 1. The molecular formula is C22H20Cl2N4OS. The molecule has 0 aliphatic rings. The Kier molecular flexibility index (Phi) is 7.48. The van der Waals surface area contributed by atoms with Crippen molar-refractivity contribution < 1.29 is 4.79 Å². The second-order valence-electron chi connectivity index (χ2n) is 6.69. The zero-order chi connectivity index (χ0) is 21.7. The lowest BCUT2D eigenvalue weighted by atomic mass is 10.1. The van der Waals surface area contributed by atoms with E-state index < -0.39 is 0 Å². The molecule has 0 spiro atoms. The van der Waals surface area contributed by atoms with E-state index in [1.165, 1.54) is 0 Å². The second-order valence-corrected chi connectivity index (χ2v) is 8.44. The van der Waals surface area contributed by atoms with Crippen LogP contribution in [0.2, 0.25) is 10.0 Å². The third kappa shape index (κ3) is 6.05. The molecule has 1 N–H and O–H groups in total. The number of hydrogen-bond acceptors (Lipinski definition) is 5. The zero-order valence-corrected chi connectivity index (χ0v) is 19.1. The largest absolute Gasteiger partial charge is 0.271 e. The Hall–Kier alpha value is -2.41. The molecule has 0 saturated heterocycles. The van der Waals surface area contributed by atoms with Gasteiger partial charge in [0.25, 0.3) is 5.91 Å². The summed E-state index contributed by atoms with van der Waals surface area (Å²) in [6, 6.07) is 14.5. The summed E-state index contributed by atoms with van der Waals surface area (Å²) >= 11 is 13.5. The van der Waals surface area contributed by atoms with Gasteiger partial charge < -0.3 is 0 Å². The molecule has 0 aliphatic carbocycles. The van der Waals surface area contributed by atoms with E-state index in [0.29, 0.717) is 21.3 Å². The number of aryl methyl sites for hydroxylation is 2. The SMILES string of the molecule is CC(=NNC(=O)c1ccc(CSc2nc(C)cc(C)n2)cc1)c1ccc(Cl)c(Cl)c1. The fraction of sp³-hybridized carbons (Fsp3) is 0.182. The zero-order valence-electron chi connectivity index (χ0n) is 16.7. The molecule has 1 aromatic heterocycles. The Morgan fingerprint density at radius 3 is 2.23 bits per heavy atom. The van der Waals surface area contributed by atoms with Crippen LogP contribution in [-0.2, 0) is 5.75 Å². The van der Waals surface area contributed by atoms with E-state index in [0.717, 1.165) is 33.4 Å². The number of carbonyl (C=O) groups excluding carboxylic acids is 1. The quantitative estimate of drug-likeness (QED) is 0.217. The number of benzene rings is 2. The molecule has 8 heteroatoms. The van der Waals surface area contributed by atoms with Gasteiger partial charge in [-0.3, -0.25) is 4.79 Å². The maximum Gasteiger partial charge on any atom is 0.271 e. The molecule has 0 fully saturated rings. The van der Waals surface area contributed by atoms with Crippen molar-refractivity contribution in [3.05, 3.63) is 86.7 Å². The monoisotopic (exact) mass is 458 g/mol. The minimum Gasteiger partial charge on any atom is -0.267 e. The Labute approximate surface area is 189 Å². The van der Waals surface area contributed by atoms with Gasteiger partial charge in [-0.2, -0.15) is 5.10 Å². The minimum atomic E-state index is -0.286. The van der Waals surface area contributed by atoms with E-state index in [9.17, 15) is 4.79 Å². The summed E-state index contributed by atoms with van der Waals surface area (Å²) in [7, 11) is 0. The van der Waals surface area contributed by atoms with Crippen molar-refractivity contribution >= 4 is 46.6 Å². The van der Waals surface area contributed by atoms with Gasteiger partial charge in [0.1, 0.15) is 0 Å². The van der Waals surface area contributed by atoms with Crippen molar-refractivity contribution in [2.24, 2.45) is 5.10 Å².